The van der Waals surface area contributed by atoms with Crippen LogP contribution in [0.1, 0.15) is 32.2 Å². The highest BCUT2D eigenvalue weighted by atomic mass is 16.3. The summed E-state index contributed by atoms with van der Waals surface area (Å²) >= 11 is 0. The van der Waals surface area contributed by atoms with Crippen molar-refractivity contribution < 1.29 is 5.11 Å². The summed E-state index contributed by atoms with van der Waals surface area (Å²) < 4.78 is 1.91. The van der Waals surface area contributed by atoms with Crippen LogP contribution in [0.5, 0.6) is 5.75 Å². The number of aromatic nitrogens is 3. The summed E-state index contributed by atoms with van der Waals surface area (Å²) in [7, 11) is 0. The maximum absolute atomic E-state index is 9.43. The Morgan fingerprint density at radius 2 is 2.06 bits per heavy atom. The molecular formula is C13H17N3O. The summed E-state index contributed by atoms with van der Waals surface area (Å²) in [6, 6.07) is 7.23. The Labute approximate surface area is 101 Å². The second kappa shape index (κ2) is 4.20. The third-order valence-corrected chi connectivity index (χ3v) is 2.53. The van der Waals surface area contributed by atoms with E-state index in [1.807, 2.05) is 16.8 Å². The van der Waals surface area contributed by atoms with Crippen molar-refractivity contribution in [3.05, 3.63) is 42.0 Å². The highest BCUT2D eigenvalue weighted by Gasteiger charge is 2.18. The van der Waals surface area contributed by atoms with Crippen LogP contribution in [-0.4, -0.2) is 19.9 Å². The van der Waals surface area contributed by atoms with Gasteiger partial charge < -0.3 is 5.11 Å². The lowest BCUT2D eigenvalue weighted by atomic mass is 10.1. The van der Waals surface area contributed by atoms with Crippen molar-refractivity contribution in [2.24, 2.45) is 0 Å². The normalized spacial score (nSPS) is 11.7. The maximum atomic E-state index is 9.43. The first kappa shape index (κ1) is 11.6. The van der Waals surface area contributed by atoms with E-state index in [0.717, 1.165) is 11.4 Å². The minimum Gasteiger partial charge on any atom is -0.508 e. The van der Waals surface area contributed by atoms with Crippen LogP contribution in [0.15, 0.2) is 30.6 Å². The molecule has 0 aliphatic carbocycles. The molecule has 0 bridgehead atoms. The number of aromatic hydroxyl groups is 1. The molecule has 1 N–H and O–H groups in total. The van der Waals surface area contributed by atoms with E-state index in [4.69, 9.17) is 0 Å². The molecule has 0 radical (unpaired) electrons. The average molecular weight is 231 g/mol. The van der Waals surface area contributed by atoms with E-state index >= 15 is 0 Å². The minimum atomic E-state index is -0.0807. The van der Waals surface area contributed by atoms with Crippen LogP contribution < -0.4 is 0 Å². The summed E-state index contributed by atoms with van der Waals surface area (Å²) in [4.78, 5) is 4.28. The number of nitrogens with zero attached hydrogens (tertiary/aromatic N) is 3. The van der Waals surface area contributed by atoms with Crippen molar-refractivity contribution in [3.8, 4) is 5.75 Å². The Morgan fingerprint density at radius 1 is 1.29 bits per heavy atom. The van der Waals surface area contributed by atoms with E-state index in [1.165, 1.54) is 0 Å². The Bertz CT molecular complexity index is 511. The lowest BCUT2D eigenvalue weighted by Gasteiger charge is -2.21. The standard InChI is InChI=1S/C13H17N3O/c1-13(2,3)16-12(14-9-15-16)8-10-5-4-6-11(17)7-10/h4-7,9,17H,8H2,1-3H3. The molecule has 4 nitrogen and oxygen atoms in total. The first-order valence-corrected chi connectivity index (χ1v) is 5.64. The van der Waals surface area contributed by atoms with Crippen molar-refractivity contribution in [1.29, 1.82) is 0 Å². The fourth-order valence-electron chi connectivity index (χ4n) is 1.80. The van der Waals surface area contributed by atoms with Gasteiger partial charge in [-0.25, -0.2) is 9.67 Å². The van der Waals surface area contributed by atoms with E-state index < -0.39 is 0 Å². The lowest BCUT2D eigenvalue weighted by Crippen LogP contribution is -2.25. The lowest BCUT2D eigenvalue weighted by molar-refractivity contribution is 0.343. The fraction of sp³-hybridized carbons (Fsp3) is 0.385. The van der Waals surface area contributed by atoms with Gasteiger partial charge in [-0.1, -0.05) is 12.1 Å². The van der Waals surface area contributed by atoms with Crippen LogP contribution in [0, 0.1) is 0 Å². The van der Waals surface area contributed by atoms with Crippen LogP contribution in [0.25, 0.3) is 0 Å². The first-order chi connectivity index (χ1) is 7.97. The van der Waals surface area contributed by atoms with Crippen LogP contribution in [0.4, 0.5) is 0 Å². The predicted molar refractivity (Wildman–Crippen MR) is 65.9 cm³/mol. The molecule has 2 aromatic rings. The number of rotatable bonds is 2. The van der Waals surface area contributed by atoms with Gasteiger partial charge in [0.1, 0.15) is 17.9 Å². The molecule has 2 rings (SSSR count). The summed E-state index contributed by atoms with van der Waals surface area (Å²) in [6.45, 7) is 6.27. The van der Waals surface area contributed by atoms with Crippen molar-refractivity contribution in [1.82, 2.24) is 14.8 Å². The van der Waals surface area contributed by atoms with Crippen LogP contribution >= 0.6 is 0 Å². The highest BCUT2D eigenvalue weighted by Crippen LogP contribution is 2.18. The molecule has 0 unspecified atom stereocenters. The zero-order chi connectivity index (χ0) is 12.5. The number of benzene rings is 1. The molecule has 0 saturated heterocycles. The van der Waals surface area contributed by atoms with Crippen LogP contribution in [-0.2, 0) is 12.0 Å². The second-order valence-electron chi connectivity index (χ2n) is 5.11. The predicted octanol–water partition coefficient (Wildman–Crippen LogP) is 2.33. The summed E-state index contributed by atoms with van der Waals surface area (Å²) in [5.74, 6) is 1.19. The van der Waals surface area contributed by atoms with Crippen molar-refractivity contribution >= 4 is 0 Å². The third-order valence-electron chi connectivity index (χ3n) is 2.53. The molecule has 0 spiro atoms. The van der Waals surface area contributed by atoms with Gasteiger partial charge in [-0.05, 0) is 38.5 Å². The molecule has 1 aromatic heterocycles. The molecule has 1 heterocycles. The molecular weight excluding hydrogens is 214 g/mol. The Balaban J connectivity index is 2.28. The van der Waals surface area contributed by atoms with E-state index in [1.54, 1.807) is 18.5 Å². The van der Waals surface area contributed by atoms with Crippen molar-refractivity contribution in [2.45, 2.75) is 32.7 Å². The van der Waals surface area contributed by atoms with Gasteiger partial charge in [0.25, 0.3) is 0 Å². The van der Waals surface area contributed by atoms with Gasteiger partial charge in [-0.3, -0.25) is 0 Å². The second-order valence-corrected chi connectivity index (χ2v) is 5.11. The fourth-order valence-corrected chi connectivity index (χ4v) is 1.80. The molecule has 0 aliphatic heterocycles. The average Bonchev–Trinajstić information content (AvgIpc) is 2.65. The van der Waals surface area contributed by atoms with E-state index in [2.05, 4.69) is 30.9 Å². The third kappa shape index (κ3) is 2.64. The summed E-state index contributed by atoms with van der Waals surface area (Å²) in [5.41, 5.74) is 0.950. The van der Waals surface area contributed by atoms with E-state index in [9.17, 15) is 5.11 Å². The zero-order valence-electron chi connectivity index (χ0n) is 10.4. The van der Waals surface area contributed by atoms with E-state index in [-0.39, 0.29) is 11.3 Å². The SMILES string of the molecule is CC(C)(C)n1ncnc1Cc1cccc(O)c1. The van der Waals surface area contributed by atoms with Gasteiger partial charge in [-0.15, -0.1) is 0 Å². The highest BCUT2D eigenvalue weighted by molar-refractivity contribution is 5.29. The number of hydrogen-bond donors (Lipinski definition) is 1. The first-order valence-electron chi connectivity index (χ1n) is 5.64. The molecule has 0 amide bonds. The Morgan fingerprint density at radius 3 is 2.71 bits per heavy atom. The molecule has 17 heavy (non-hydrogen) atoms. The number of phenolic OH excluding ortho intramolecular Hbond substituents is 1. The molecule has 1 aromatic carbocycles. The minimum absolute atomic E-state index is 0.0807. The zero-order valence-corrected chi connectivity index (χ0v) is 10.4. The van der Waals surface area contributed by atoms with Crippen molar-refractivity contribution in [3.63, 3.8) is 0 Å². The molecule has 0 saturated carbocycles. The van der Waals surface area contributed by atoms with Gasteiger partial charge in [0.05, 0.1) is 5.54 Å². The smallest absolute Gasteiger partial charge is 0.138 e. The van der Waals surface area contributed by atoms with Gasteiger partial charge in [0.15, 0.2) is 0 Å². The summed E-state index contributed by atoms with van der Waals surface area (Å²) in [5, 5.41) is 13.7. The number of hydrogen-bond acceptors (Lipinski definition) is 3. The van der Waals surface area contributed by atoms with E-state index in [0.29, 0.717) is 6.42 Å². The Hall–Kier alpha value is -1.84. The summed E-state index contributed by atoms with van der Waals surface area (Å²) in [6.07, 6.45) is 2.25. The number of phenols is 1. The van der Waals surface area contributed by atoms with Crippen LogP contribution in [0.2, 0.25) is 0 Å². The molecule has 90 valence electrons. The van der Waals surface area contributed by atoms with Crippen LogP contribution in [0.3, 0.4) is 0 Å². The maximum Gasteiger partial charge on any atom is 0.138 e. The van der Waals surface area contributed by atoms with Crippen molar-refractivity contribution in [2.75, 3.05) is 0 Å². The van der Waals surface area contributed by atoms with Gasteiger partial charge in [0, 0.05) is 6.42 Å². The van der Waals surface area contributed by atoms with Gasteiger partial charge in [-0.2, -0.15) is 5.10 Å². The largest absolute Gasteiger partial charge is 0.508 e. The topological polar surface area (TPSA) is 50.9 Å². The molecule has 0 atom stereocenters. The Kier molecular flexibility index (Phi) is 2.88. The molecule has 4 heteroatoms. The van der Waals surface area contributed by atoms with Gasteiger partial charge >= 0.3 is 0 Å². The molecule has 0 aliphatic rings. The monoisotopic (exact) mass is 231 g/mol. The quantitative estimate of drug-likeness (QED) is 0.863. The molecule has 0 fully saturated rings. The van der Waals surface area contributed by atoms with Gasteiger partial charge in [0.2, 0.25) is 0 Å².